The highest BCUT2D eigenvalue weighted by Gasteiger charge is 2.34. The summed E-state index contributed by atoms with van der Waals surface area (Å²) in [6.45, 7) is 4.11. The van der Waals surface area contributed by atoms with Gasteiger partial charge in [-0.15, -0.1) is 11.3 Å². The second-order valence-corrected chi connectivity index (χ2v) is 9.33. The van der Waals surface area contributed by atoms with Crippen LogP contribution < -0.4 is 10.6 Å². The molecule has 1 aromatic carbocycles. The summed E-state index contributed by atoms with van der Waals surface area (Å²) in [6.07, 6.45) is 0.435. The monoisotopic (exact) mass is 432 g/mol. The molecule has 1 aliphatic rings. The Morgan fingerprint density at radius 3 is 2.79 bits per heavy atom. The maximum Gasteiger partial charge on any atom is 0.287 e. The number of piperidine rings is 1. The lowest BCUT2D eigenvalue weighted by molar-refractivity contribution is -0.143. The molecule has 0 bridgehead atoms. The normalized spacial score (nSPS) is 18.0. The van der Waals surface area contributed by atoms with Gasteiger partial charge in [0.15, 0.2) is 5.78 Å². The van der Waals surface area contributed by atoms with E-state index < -0.39 is 23.7 Å². The SMILES string of the molecule is CC(C)C(NC(=O)SCc1csc2ccccc12)C(=O)CC1CCNC(=O)C1=O. The fraction of sp³-hybridized carbons (Fsp3) is 0.429. The molecule has 1 saturated heterocycles. The van der Waals surface area contributed by atoms with E-state index in [9.17, 15) is 19.2 Å². The summed E-state index contributed by atoms with van der Waals surface area (Å²) in [7, 11) is 0. The molecule has 154 valence electrons. The van der Waals surface area contributed by atoms with Crippen LogP contribution >= 0.6 is 23.1 Å². The van der Waals surface area contributed by atoms with Crippen LogP contribution in [-0.4, -0.2) is 35.3 Å². The van der Waals surface area contributed by atoms with Crippen molar-refractivity contribution in [2.45, 2.75) is 38.5 Å². The van der Waals surface area contributed by atoms with Crippen LogP contribution in [0.1, 0.15) is 32.3 Å². The van der Waals surface area contributed by atoms with Crippen molar-refractivity contribution in [2.24, 2.45) is 11.8 Å². The first-order valence-corrected chi connectivity index (χ1v) is 11.5. The fourth-order valence-electron chi connectivity index (χ4n) is 3.40. The Kier molecular flexibility index (Phi) is 7.08. The molecule has 0 aliphatic carbocycles. The molecule has 6 nitrogen and oxygen atoms in total. The number of Topliss-reactive ketones (excluding diaryl/α,β-unsaturated/α-hetero) is 2. The summed E-state index contributed by atoms with van der Waals surface area (Å²) in [5.74, 6) is -1.56. The van der Waals surface area contributed by atoms with Crippen LogP contribution in [0.15, 0.2) is 29.6 Å². The summed E-state index contributed by atoms with van der Waals surface area (Å²) in [6, 6.07) is 7.38. The van der Waals surface area contributed by atoms with Crippen molar-refractivity contribution in [2.75, 3.05) is 6.54 Å². The number of rotatable bonds is 7. The van der Waals surface area contributed by atoms with Gasteiger partial charge >= 0.3 is 0 Å². The Hall–Kier alpha value is -2.19. The molecule has 2 atom stereocenters. The van der Waals surface area contributed by atoms with Crippen LogP contribution in [0.2, 0.25) is 0 Å². The van der Waals surface area contributed by atoms with E-state index in [0.29, 0.717) is 18.7 Å². The minimum Gasteiger partial charge on any atom is -0.349 e. The van der Waals surface area contributed by atoms with Gasteiger partial charge in [0.2, 0.25) is 5.78 Å². The second-order valence-electron chi connectivity index (χ2n) is 7.48. The summed E-state index contributed by atoms with van der Waals surface area (Å²) in [5.41, 5.74) is 1.09. The van der Waals surface area contributed by atoms with E-state index >= 15 is 0 Å². The van der Waals surface area contributed by atoms with Crippen LogP contribution in [0, 0.1) is 11.8 Å². The predicted octanol–water partition coefficient (Wildman–Crippen LogP) is 3.53. The van der Waals surface area contributed by atoms with E-state index in [0.717, 1.165) is 22.7 Å². The molecule has 3 rings (SSSR count). The molecule has 1 aromatic heterocycles. The van der Waals surface area contributed by atoms with Gasteiger partial charge in [-0.3, -0.25) is 19.2 Å². The quantitative estimate of drug-likeness (QED) is 0.653. The number of benzene rings is 1. The van der Waals surface area contributed by atoms with Gasteiger partial charge < -0.3 is 10.6 Å². The maximum atomic E-state index is 12.7. The Morgan fingerprint density at radius 2 is 2.03 bits per heavy atom. The third-order valence-corrected chi connectivity index (χ3v) is 6.88. The zero-order valence-electron chi connectivity index (χ0n) is 16.4. The van der Waals surface area contributed by atoms with Gasteiger partial charge in [-0.2, -0.15) is 0 Å². The third-order valence-electron chi connectivity index (χ3n) is 5.03. The first-order valence-electron chi connectivity index (χ1n) is 9.60. The van der Waals surface area contributed by atoms with Gasteiger partial charge in [0.1, 0.15) is 0 Å². The Labute approximate surface area is 177 Å². The first-order chi connectivity index (χ1) is 13.9. The van der Waals surface area contributed by atoms with Crippen molar-refractivity contribution in [1.29, 1.82) is 0 Å². The molecule has 2 unspecified atom stereocenters. The van der Waals surface area contributed by atoms with E-state index in [4.69, 9.17) is 0 Å². The third kappa shape index (κ3) is 5.25. The van der Waals surface area contributed by atoms with E-state index in [-0.39, 0.29) is 23.4 Å². The van der Waals surface area contributed by atoms with Gasteiger partial charge in [-0.25, -0.2) is 0 Å². The molecule has 1 fully saturated rings. The number of fused-ring (bicyclic) bond motifs is 1. The van der Waals surface area contributed by atoms with Crippen LogP contribution in [0.4, 0.5) is 4.79 Å². The smallest absolute Gasteiger partial charge is 0.287 e. The highest BCUT2D eigenvalue weighted by atomic mass is 32.2. The van der Waals surface area contributed by atoms with Crippen LogP contribution in [0.25, 0.3) is 10.1 Å². The number of carbonyl (C=O) groups is 4. The average molecular weight is 433 g/mol. The Morgan fingerprint density at radius 1 is 1.28 bits per heavy atom. The summed E-state index contributed by atoms with van der Waals surface area (Å²) in [4.78, 5) is 48.7. The van der Waals surface area contributed by atoms with Crippen molar-refractivity contribution in [3.63, 3.8) is 0 Å². The summed E-state index contributed by atoms with van der Waals surface area (Å²) in [5, 5.41) is 8.23. The molecular weight excluding hydrogens is 408 g/mol. The van der Waals surface area contributed by atoms with Crippen LogP contribution in [-0.2, 0) is 20.1 Å². The number of nitrogens with one attached hydrogen (secondary N) is 2. The van der Waals surface area contributed by atoms with Crippen molar-refractivity contribution in [1.82, 2.24) is 10.6 Å². The second kappa shape index (κ2) is 9.54. The highest BCUT2D eigenvalue weighted by molar-refractivity contribution is 8.12. The highest BCUT2D eigenvalue weighted by Crippen LogP contribution is 2.29. The molecule has 0 radical (unpaired) electrons. The zero-order chi connectivity index (χ0) is 21.0. The number of carbonyl (C=O) groups excluding carboxylic acids is 4. The number of amides is 2. The molecule has 2 heterocycles. The van der Waals surface area contributed by atoms with Gasteiger partial charge in [-0.1, -0.05) is 43.8 Å². The molecule has 29 heavy (non-hydrogen) atoms. The number of hydrogen-bond acceptors (Lipinski definition) is 6. The van der Waals surface area contributed by atoms with Gasteiger partial charge in [0, 0.05) is 29.3 Å². The molecule has 8 heteroatoms. The van der Waals surface area contributed by atoms with Crippen LogP contribution in [0.5, 0.6) is 0 Å². The average Bonchev–Trinajstić information content (AvgIpc) is 3.11. The van der Waals surface area contributed by atoms with Crippen molar-refractivity contribution in [3.05, 3.63) is 35.2 Å². The lowest BCUT2D eigenvalue weighted by Crippen LogP contribution is -2.47. The van der Waals surface area contributed by atoms with Crippen molar-refractivity contribution >= 4 is 55.9 Å². The van der Waals surface area contributed by atoms with E-state index in [2.05, 4.69) is 22.1 Å². The van der Waals surface area contributed by atoms with Crippen molar-refractivity contribution < 1.29 is 19.2 Å². The lowest BCUT2D eigenvalue weighted by Gasteiger charge is -2.25. The first kappa shape index (κ1) is 21.5. The molecular formula is C21H24N2O4S2. The fourth-order valence-corrected chi connectivity index (χ4v) is 5.21. The largest absolute Gasteiger partial charge is 0.349 e. The number of thiophene rings is 1. The van der Waals surface area contributed by atoms with Crippen LogP contribution in [0.3, 0.4) is 0 Å². The summed E-state index contributed by atoms with van der Waals surface area (Å²) < 4.78 is 1.18. The zero-order valence-corrected chi connectivity index (χ0v) is 18.0. The molecule has 2 amide bonds. The Bertz CT molecular complexity index is 938. The minimum atomic E-state index is -0.674. The molecule has 1 aliphatic heterocycles. The van der Waals surface area contributed by atoms with E-state index in [1.165, 1.54) is 4.70 Å². The Balaban J connectivity index is 1.57. The predicted molar refractivity (Wildman–Crippen MR) is 116 cm³/mol. The van der Waals surface area contributed by atoms with E-state index in [1.54, 1.807) is 11.3 Å². The number of ketones is 2. The molecule has 0 spiro atoms. The van der Waals surface area contributed by atoms with Gasteiger partial charge in [-0.05, 0) is 34.7 Å². The number of hydrogen-bond donors (Lipinski definition) is 2. The molecule has 2 aromatic rings. The molecule has 0 saturated carbocycles. The standard InChI is InChI=1S/C21H24N2O4S2/c1-12(2)18(16(24)9-13-7-8-22-20(26)19(13)25)23-21(27)29-11-14-10-28-17-6-4-3-5-15(14)17/h3-6,10,12-13,18H,7-9,11H2,1-2H3,(H,22,26)(H,23,27). The van der Waals surface area contributed by atoms with E-state index in [1.807, 2.05) is 32.0 Å². The molecule has 2 N–H and O–H groups in total. The minimum absolute atomic E-state index is 0.0186. The topological polar surface area (TPSA) is 92.3 Å². The maximum absolute atomic E-state index is 12.7. The van der Waals surface area contributed by atoms with Crippen molar-refractivity contribution in [3.8, 4) is 0 Å². The number of thioether (sulfide) groups is 1. The lowest BCUT2D eigenvalue weighted by atomic mass is 9.87. The van der Waals surface area contributed by atoms with Gasteiger partial charge in [0.05, 0.1) is 6.04 Å². The van der Waals surface area contributed by atoms with Gasteiger partial charge in [0.25, 0.3) is 11.1 Å². The summed E-state index contributed by atoms with van der Waals surface area (Å²) >= 11 is 2.78.